The van der Waals surface area contributed by atoms with Gasteiger partial charge >= 0.3 is 0 Å². The highest BCUT2D eigenvalue weighted by Gasteiger charge is 2.35. The SMILES string of the molecule is Cc1cc(C)cc(CC2(CNC(C)(C)C)CCOC2)c1. The molecule has 2 heteroatoms. The molecule has 1 fully saturated rings. The smallest absolute Gasteiger partial charge is 0.0538 e. The average molecular weight is 275 g/mol. The van der Waals surface area contributed by atoms with Crippen LogP contribution in [0.15, 0.2) is 18.2 Å². The summed E-state index contributed by atoms with van der Waals surface area (Å²) in [5.74, 6) is 0. The number of nitrogens with one attached hydrogen (secondary N) is 1. The first-order valence-corrected chi connectivity index (χ1v) is 7.68. The van der Waals surface area contributed by atoms with E-state index in [1.54, 1.807) is 0 Å². The highest BCUT2D eigenvalue weighted by atomic mass is 16.5. The fourth-order valence-electron chi connectivity index (χ4n) is 3.05. The predicted octanol–water partition coefficient (Wildman–Crippen LogP) is 3.64. The van der Waals surface area contributed by atoms with Gasteiger partial charge in [-0.2, -0.15) is 0 Å². The third-order valence-corrected chi connectivity index (χ3v) is 4.04. The fourth-order valence-corrected chi connectivity index (χ4v) is 3.05. The maximum Gasteiger partial charge on any atom is 0.0538 e. The number of aryl methyl sites for hydroxylation is 2. The van der Waals surface area contributed by atoms with Gasteiger partial charge in [0.05, 0.1) is 6.61 Å². The molecule has 1 atom stereocenters. The average Bonchev–Trinajstić information content (AvgIpc) is 2.73. The second kappa shape index (κ2) is 5.87. The Kier molecular flexibility index (Phi) is 4.55. The molecule has 0 amide bonds. The number of hydrogen-bond acceptors (Lipinski definition) is 2. The Labute approximate surface area is 123 Å². The van der Waals surface area contributed by atoms with Gasteiger partial charge in [-0.15, -0.1) is 0 Å². The molecular formula is C18H29NO. The topological polar surface area (TPSA) is 21.3 Å². The van der Waals surface area contributed by atoms with Crippen LogP contribution >= 0.6 is 0 Å². The van der Waals surface area contributed by atoms with Gasteiger partial charge in [-0.25, -0.2) is 0 Å². The number of hydrogen-bond donors (Lipinski definition) is 1. The van der Waals surface area contributed by atoms with Crippen LogP contribution in [0.25, 0.3) is 0 Å². The molecule has 0 bridgehead atoms. The molecule has 0 radical (unpaired) electrons. The minimum Gasteiger partial charge on any atom is -0.381 e. The molecule has 1 unspecified atom stereocenters. The third kappa shape index (κ3) is 4.32. The molecule has 1 heterocycles. The Balaban J connectivity index is 2.12. The summed E-state index contributed by atoms with van der Waals surface area (Å²) in [6, 6.07) is 6.89. The van der Waals surface area contributed by atoms with Gasteiger partial charge in [0.2, 0.25) is 0 Å². The third-order valence-electron chi connectivity index (χ3n) is 4.04. The van der Waals surface area contributed by atoms with Crippen LogP contribution in [0.1, 0.15) is 43.9 Å². The fraction of sp³-hybridized carbons (Fsp3) is 0.667. The van der Waals surface area contributed by atoms with Crippen molar-refractivity contribution in [3.05, 3.63) is 34.9 Å². The largest absolute Gasteiger partial charge is 0.381 e. The molecule has 2 nitrogen and oxygen atoms in total. The van der Waals surface area contributed by atoms with E-state index in [1.165, 1.54) is 16.7 Å². The van der Waals surface area contributed by atoms with Crippen molar-refractivity contribution in [1.82, 2.24) is 5.32 Å². The molecule has 0 saturated carbocycles. The standard InChI is InChI=1S/C18H29NO/c1-14-8-15(2)10-16(9-14)11-18(6-7-20-13-18)12-19-17(3,4)5/h8-10,19H,6-7,11-13H2,1-5H3. The van der Waals surface area contributed by atoms with Crippen molar-refractivity contribution in [2.75, 3.05) is 19.8 Å². The van der Waals surface area contributed by atoms with Crippen molar-refractivity contribution in [1.29, 1.82) is 0 Å². The van der Waals surface area contributed by atoms with Crippen LogP contribution in [-0.2, 0) is 11.2 Å². The lowest BCUT2D eigenvalue weighted by molar-refractivity contribution is 0.144. The van der Waals surface area contributed by atoms with Crippen molar-refractivity contribution in [3.63, 3.8) is 0 Å². The molecular weight excluding hydrogens is 246 g/mol. The summed E-state index contributed by atoms with van der Waals surface area (Å²) >= 11 is 0. The molecule has 1 aliphatic rings. The van der Waals surface area contributed by atoms with Gasteiger partial charge < -0.3 is 10.1 Å². The highest BCUT2D eigenvalue weighted by molar-refractivity contribution is 5.29. The highest BCUT2D eigenvalue weighted by Crippen LogP contribution is 2.33. The van der Waals surface area contributed by atoms with Crippen LogP contribution in [0.3, 0.4) is 0 Å². The van der Waals surface area contributed by atoms with Gasteiger partial charge in [0.25, 0.3) is 0 Å². The van der Waals surface area contributed by atoms with Gasteiger partial charge in [0, 0.05) is 24.1 Å². The van der Waals surface area contributed by atoms with Gasteiger partial charge in [-0.3, -0.25) is 0 Å². The molecule has 0 aliphatic carbocycles. The Morgan fingerprint density at radius 1 is 1.15 bits per heavy atom. The van der Waals surface area contributed by atoms with E-state index in [9.17, 15) is 0 Å². The summed E-state index contributed by atoms with van der Waals surface area (Å²) in [5.41, 5.74) is 4.59. The molecule has 112 valence electrons. The van der Waals surface area contributed by atoms with E-state index in [0.29, 0.717) is 0 Å². The molecule has 1 saturated heterocycles. The van der Waals surface area contributed by atoms with Gasteiger partial charge in [0.1, 0.15) is 0 Å². The van der Waals surface area contributed by atoms with E-state index in [0.717, 1.165) is 32.6 Å². The van der Waals surface area contributed by atoms with Crippen molar-refractivity contribution in [3.8, 4) is 0 Å². The van der Waals surface area contributed by atoms with Crippen LogP contribution in [0.5, 0.6) is 0 Å². The van der Waals surface area contributed by atoms with E-state index < -0.39 is 0 Å². The Morgan fingerprint density at radius 3 is 2.30 bits per heavy atom. The lowest BCUT2D eigenvalue weighted by Gasteiger charge is -2.32. The molecule has 2 rings (SSSR count). The Bertz CT molecular complexity index is 433. The van der Waals surface area contributed by atoms with Crippen molar-refractivity contribution in [2.45, 2.75) is 53.0 Å². The molecule has 1 aromatic carbocycles. The van der Waals surface area contributed by atoms with Crippen LogP contribution in [0, 0.1) is 19.3 Å². The molecule has 1 aromatic rings. The maximum atomic E-state index is 5.72. The van der Waals surface area contributed by atoms with Crippen LogP contribution < -0.4 is 5.32 Å². The minimum absolute atomic E-state index is 0.165. The summed E-state index contributed by atoms with van der Waals surface area (Å²) in [4.78, 5) is 0. The molecule has 1 N–H and O–H groups in total. The monoisotopic (exact) mass is 275 g/mol. The minimum atomic E-state index is 0.165. The first-order chi connectivity index (χ1) is 9.28. The van der Waals surface area contributed by atoms with Crippen molar-refractivity contribution >= 4 is 0 Å². The zero-order valence-corrected chi connectivity index (χ0v) is 13.7. The Hall–Kier alpha value is -0.860. The van der Waals surface area contributed by atoms with Crippen molar-refractivity contribution in [2.24, 2.45) is 5.41 Å². The normalized spacial score (nSPS) is 23.2. The second-order valence-electron chi connectivity index (χ2n) is 7.58. The van der Waals surface area contributed by atoms with E-state index in [-0.39, 0.29) is 11.0 Å². The summed E-state index contributed by atoms with van der Waals surface area (Å²) in [6.07, 6.45) is 2.27. The van der Waals surface area contributed by atoms with E-state index in [4.69, 9.17) is 4.74 Å². The number of benzene rings is 1. The zero-order chi connectivity index (χ0) is 14.8. The first-order valence-electron chi connectivity index (χ1n) is 7.68. The van der Waals surface area contributed by atoms with Crippen LogP contribution in [0.2, 0.25) is 0 Å². The number of rotatable bonds is 4. The molecule has 0 aromatic heterocycles. The van der Waals surface area contributed by atoms with Gasteiger partial charge in [-0.1, -0.05) is 29.3 Å². The molecule has 20 heavy (non-hydrogen) atoms. The van der Waals surface area contributed by atoms with E-state index in [2.05, 4.69) is 58.1 Å². The summed E-state index contributed by atoms with van der Waals surface area (Å²) in [7, 11) is 0. The van der Waals surface area contributed by atoms with Crippen LogP contribution in [0.4, 0.5) is 0 Å². The molecule has 1 aliphatic heterocycles. The lowest BCUT2D eigenvalue weighted by Crippen LogP contribution is -2.45. The van der Waals surface area contributed by atoms with Crippen LogP contribution in [-0.4, -0.2) is 25.3 Å². The van der Waals surface area contributed by atoms with Gasteiger partial charge in [-0.05, 0) is 53.0 Å². The van der Waals surface area contributed by atoms with Gasteiger partial charge in [0.15, 0.2) is 0 Å². The maximum absolute atomic E-state index is 5.72. The lowest BCUT2D eigenvalue weighted by atomic mass is 9.80. The first kappa shape index (κ1) is 15.5. The zero-order valence-electron chi connectivity index (χ0n) is 13.7. The van der Waals surface area contributed by atoms with E-state index >= 15 is 0 Å². The summed E-state index contributed by atoms with van der Waals surface area (Å²) in [6.45, 7) is 13.9. The second-order valence-corrected chi connectivity index (χ2v) is 7.58. The molecule has 0 spiro atoms. The summed E-state index contributed by atoms with van der Waals surface area (Å²) < 4.78 is 5.72. The van der Waals surface area contributed by atoms with Crippen molar-refractivity contribution < 1.29 is 4.74 Å². The van der Waals surface area contributed by atoms with E-state index in [1.807, 2.05) is 0 Å². The summed E-state index contributed by atoms with van der Waals surface area (Å²) in [5, 5.41) is 3.67. The quantitative estimate of drug-likeness (QED) is 0.906. The number of ether oxygens (including phenoxy) is 1. The Morgan fingerprint density at radius 2 is 1.80 bits per heavy atom. The predicted molar refractivity (Wildman–Crippen MR) is 85.2 cm³/mol.